The quantitative estimate of drug-likeness (QED) is 0.348. The summed E-state index contributed by atoms with van der Waals surface area (Å²) >= 11 is 5.90. The predicted molar refractivity (Wildman–Crippen MR) is 45.4 cm³/mol. The summed E-state index contributed by atoms with van der Waals surface area (Å²) < 4.78 is 0. The zero-order valence-electron chi connectivity index (χ0n) is 6.08. The molecule has 0 radical (unpaired) electrons. The van der Waals surface area contributed by atoms with Crippen LogP contribution < -0.4 is 10.3 Å². The molecule has 0 spiro atoms. The van der Waals surface area contributed by atoms with Crippen LogP contribution in [0.3, 0.4) is 0 Å². The van der Waals surface area contributed by atoms with Gasteiger partial charge in [-0.25, -0.2) is 0 Å². The maximum absolute atomic E-state index is 5.90. The average Bonchev–Trinajstić information content (AvgIpc) is 1.89. The third-order valence-corrected chi connectivity index (χ3v) is 3.94. The molecular formula is C5H15ClN2Si. The number of nitrogens with one attached hydrogen (secondary N) is 2. The predicted octanol–water partition coefficient (Wildman–Crippen LogP) is 0.275. The lowest BCUT2D eigenvalue weighted by Gasteiger charge is -2.05. The molecule has 0 aromatic rings. The van der Waals surface area contributed by atoms with E-state index >= 15 is 0 Å². The zero-order chi connectivity index (χ0) is 7.11. The standard InChI is InChI=1S/C5H15ClN2Si/c1-3-9(6)8-5-4-7-2/h7-9H,3-5H2,1-2H3. The second-order valence-corrected chi connectivity index (χ2v) is 5.67. The summed E-state index contributed by atoms with van der Waals surface area (Å²) in [6.07, 6.45) is 0. The zero-order valence-corrected chi connectivity index (χ0v) is 7.99. The van der Waals surface area contributed by atoms with Gasteiger partial charge < -0.3 is 10.3 Å². The maximum Gasteiger partial charge on any atom is 0.210 e. The molecule has 0 bridgehead atoms. The Kier molecular flexibility index (Phi) is 6.86. The second kappa shape index (κ2) is 6.55. The Labute approximate surface area is 63.4 Å². The maximum atomic E-state index is 5.90. The average molecular weight is 167 g/mol. The number of likely N-dealkylation sites (N-methyl/N-ethyl adjacent to an activating group) is 1. The van der Waals surface area contributed by atoms with Crippen LogP contribution >= 0.6 is 11.1 Å². The lowest BCUT2D eigenvalue weighted by molar-refractivity contribution is 0.765. The molecule has 0 aliphatic rings. The van der Waals surface area contributed by atoms with Gasteiger partial charge in [0, 0.05) is 13.1 Å². The fourth-order valence-electron chi connectivity index (χ4n) is 0.498. The molecule has 0 aliphatic heterocycles. The van der Waals surface area contributed by atoms with Crippen LogP contribution in [0.15, 0.2) is 0 Å². The van der Waals surface area contributed by atoms with E-state index in [4.69, 9.17) is 11.1 Å². The third kappa shape index (κ3) is 6.31. The Balaban J connectivity index is 2.88. The summed E-state index contributed by atoms with van der Waals surface area (Å²) in [6, 6.07) is 1.12. The normalized spacial score (nSPS) is 13.7. The van der Waals surface area contributed by atoms with E-state index in [0.29, 0.717) is 0 Å². The van der Waals surface area contributed by atoms with Gasteiger partial charge in [0.15, 0.2) is 0 Å². The van der Waals surface area contributed by atoms with Gasteiger partial charge in [0.2, 0.25) is 8.27 Å². The smallest absolute Gasteiger partial charge is 0.210 e. The van der Waals surface area contributed by atoms with E-state index in [2.05, 4.69) is 17.2 Å². The van der Waals surface area contributed by atoms with Crippen molar-refractivity contribution in [3.63, 3.8) is 0 Å². The van der Waals surface area contributed by atoms with Crippen LogP contribution in [0.4, 0.5) is 0 Å². The number of rotatable bonds is 5. The molecule has 9 heavy (non-hydrogen) atoms. The van der Waals surface area contributed by atoms with Crippen LogP contribution in [-0.4, -0.2) is 28.4 Å². The van der Waals surface area contributed by atoms with Crippen LogP contribution in [0.25, 0.3) is 0 Å². The van der Waals surface area contributed by atoms with Crippen LogP contribution in [0.1, 0.15) is 6.92 Å². The minimum Gasteiger partial charge on any atom is -0.326 e. The molecule has 0 saturated carbocycles. The van der Waals surface area contributed by atoms with E-state index in [1.807, 2.05) is 7.05 Å². The van der Waals surface area contributed by atoms with E-state index in [9.17, 15) is 0 Å². The van der Waals surface area contributed by atoms with Gasteiger partial charge in [-0.05, 0) is 13.1 Å². The molecule has 0 rings (SSSR count). The van der Waals surface area contributed by atoms with Crippen molar-refractivity contribution in [1.29, 1.82) is 0 Å². The van der Waals surface area contributed by atoms with Gasteiger partial charge in [0.05, 0.1) is 0 Å². The number of hydrogen-bond acceptors (Lipinski definition) is 2. The van der Waals surface area contributed by atoms with E-state index in [-0.39, 0.29) is 0 Å². The first-order valence-corrected chi connectivity index (χ1v) is 6.47. The highest BCUT2D eigenvalue weighted by molar-refractivity contribution is 7.05. The fourth-order valence-corrected chi connectivity index (χ4v) is 1.57. The van der Waals surface area contributed by atoms with Gasteiger partial charge in [-0.2, -0.15) is 11.1 Å². The van der Waals surface area contributed by atoms with Crippen molar-refractivity contribution < 1.29 is 0 Å². The van der Waals surface area contributed by atoms with Gasteiger partial charge in [-0.1, -0.05) is 6.92 Å². The minimum atomic E-state index is -1.03. The third-order valence-electron chi connectivity index (χ3n) is 1.10. The fraction of sp³-hybridized carbons (Fsp3) is 1.00. The van der Waals surface area contributed by atoms with Crippen molar-refractivity contribution in [2.45, 2.75) is 13.0 Å². The summed E-state index contributed by atoms with van der Waals surface area (Å²) in [5.74, 6) is 0. The molecule has 0 aromatic heterocycles. The Bertz CT molecular complexity index is 62.9. The molecule has 0 heterocycles. The highest BCUT2D eigenvalue weighted by Gasteiger charge is 1.99. The van der Waals surface area contributed by atoms with Crippen molar-refractivity contribution in [3.8, 4) is 0 Å². The van der Waals surface area contributed by atoms with Gasteiger partial charge >= 0.3 is 0 Å². The molecule has 0 aliphatic carbocycles. The first kappa shape index (κ1) is 9.43. The first-order valence-electron chi connectivity index (χ1n) is 3.33. The highest BCUT2D eigenvalue weighted by Crippen LogP contribution is 1.89. The van der Waals surface area contributed by atoms with E-state index in [1.54, 1.807) is 0 Å². The molecule has 2 N–H and O–H groups in total. The molecule has 1 atom stereocenters. The van der Waals surface area contributed by atoms with Crippen LogP contribution in [0.2, 0.25) is 6.04 Å². The van der Waals surface area contributed by atoms with Crippen LogP contribution in [0, 0.1) is 0 Å². The van der Waals surface area contributed by atoms with Crippen molar-refractivity contribution in [2.24, 2.45) is 0 Å². The highest BCUT2D eigenvalue weighted by atomic mass is 35.6. The van der Waals surface area contributed by atoms with Gasteiger partial charge in [-0.15, -0.1) is 0 Å². The van der Waals surface area contributed by atoms with Crippen molar-refractivity contribution in [1.82, 2.24) is 10.3 Å². The first-order chi connectivity index (χ1) is 4.31. The second-order valence-electron chi connectivity index (χ2n) is 1.93. The Morgan fingerprint density at radius 2 is 2.11 bits per heavy atom. The summed E-state index contributed by atoms with van der Waals surface area (Å²) in [7, 11) is 0.912. The Hall–Kier alpha value is 0.427. The number of halogens is 1. The molecule has 2 nitrogen and oxygen atoms in total. The van der Waals surface area contributed by atoms with E-state index in [0.717, 1.165) is 19.1 Å². The Morgan fingerprint density at radius 3 is 2.56 bits per heavy atom. The minimum absolute atomic E-state index is 1.00. The largest absolute Gasteiger partial charge is 0.326 e. The monoisotopic (exact) mass is 166 g/mol. The lowest BCUT2D eigenvalue weighted by atomic mass is 10.7. The topological polar surface area (TPSA) is 24.1 Å². The lowest BCUT2D eigenvalue weighted by Crippen LogP contribution is -2.33. The Morgan fingerprint density at radius 1 is 1.44 bits per heavy atom. The SMILES string of the molecule is CC[SiH](Cl)NCCNC. The molecular weight excluding hydrogens is 152 g/mol. The molecule has 0 amide bonds. The number of hydrogen-bond donors (Lipinski definition) is 2. The van der Waals surface area contributed by atoms with Crippen LogP contribution in [-0.2, 0) is 0 Å². The van der Waals surface area contributed by atoms with Gasteiger partial charge in [-0.3, -0.25) is 0 Å². The van der Waals surface area contributed by atoms with E-state index in [1.165, 1.54) is 0 Å². The molecule has 56 valence electrons. The van der Waals surface area contributed by atoms with Crippen molar-refractivity contribution in [2.75, 3.05) is 20.1 Å². The molecule has 0 saturated heterocycles. The van der Waals surface area contributed by atoms with Gasteiger partial charge in [0.1, 0.15) is 0 Å². The van der Waals surface area contributed by atoms with Crippen LogP contribution in [0.5, 0.6) is 0 Å². The summed E-state index contributed by atoms with van der Waals surface area (Å²) in [5, 5.41) is 3.05. The summed E-state index contributed by atoms with van der Waals surface area (Å²) in [6.45, 7) is 4.14. The molecule has 0 aromatic carbocycles. The summed E-state index contributed by atoms with van der Waals surface area (Å²) in [4.78, 5) is 3.28. The van der Waals surface area contributed by atoms with Gasteiger partial charge in [0.25, 0.3) is 0 Å². The van der Waals surface area contributed by atoms with Crippen molar-refractivity contribution >= 4 is 19.3 Å². The van der Waals surface area contributed by atoms with E-state index < -0.39 is 8.27 Å². The molecule has 4 heteroatoms. The summed E-state index contributed by atoms with van der Waals surface area (Å²) in [5.41, 5.74) is 0. The molecule has 0 fully saturated rings. The van der Waals surface area contributed by atoms with Crippen molar-refractivity contribution in [3.05, 3.63) is 0 Å². The molecule has 1 unspecified atom stereocenters.